The Morgan fingerprint density at radius 3 is 2.46 bits per heavy atom. The molecule has 1 fully saturated rings. The van der Waals surface area contributed by atoms with Crippen LogP contribution in [0.15, 0.2) is 22.8 Å². The number of amides is 2. The predicted molar refractivity (Wildman–Crippen MR) is 95.4 cm³/mol. The highest BCUT2D eigenvalue weighted by molar-refractivity contribution is 5.94. The summed E-state index contributed by atoms with van der Waals surface area (Å²) in [7, 11) is 0. The number of hydrogen-bond acceptors (Lipinski definition) is 5. The van der Waals surface area contributed by atoms with Gasteiger partial charge < -0.3 is 19.8 Å². The molecule has 1 saturated carbocycles. The number of carbonyl (C=O) groups excluding carboxylic acids is 3. The van der Waals surface area contributed by atoms with Crippen molar-refractivity contribution in [2.24, 2.45) is 5.92 Å². The van der Waals surface area contributed by atoms with Crippen molar-refractivity contribution in [1.29, 1.82) is 0 Å². The van der Waals surface area contributed by atoms with Crippen molar-refractivity contribution in [2.75, 3.05) is 6.61 Å². The van der Waals surface area contributed by atoms with Gasteiger partial charge >= 0.3 is 5.97 Å². The third kappa shape index (κ3) is 6.20. The molecule has 1 aromatic rings. The molecule has 2 amide bonds. The van der Waals surface area contributed by atoms with Gasteiger partial charge in [0.25, 0.3) is 11.8 Å². The smallest absolute Gasteiger partial charge is 0.329 e. The molecule has 7 nitrogen and oxygen atoms in total. The van der Waals surface area contributed by atoms with Crippen molar-refractivity contribution >= 4 is 17.8 Å². The average molecular weight is 364 g/mol. The highest BCUT2D eigenvalue weighted by Crippen LogP contribution is 2.17. The zero-order valence-electron chi connectivity index (χ0n) is 15.5. The first-order valence-electron chi connectivity index (χ1n) is 9.27. The van der Waals surface area contributed by atoms with Gasteiger partial charge in [0.1, 0.15) is 6.04 Å². The summed E-state index contributed by atoms with van der Waals surface area (Å²) in [5.74, 6) is -1.49. The second-order valence-electron chi connectivity index (χ2n) is 7.04. The quantitative estimate of drug-likeness (QED) is 0.572. The van der Waals surface area contributed by atoms with Gasteiger partial charge in [-0.3, -0.25) is 9.59 Å². The lowest BCUT2D eigenvalue weighted by atomic mass is 10.0. The molecule has 1 heterocycles. The van der Waals surface area contributed by atoms with E-state index in [0.717, 1.165) is 25.7 Å². The lowest BCUT2D eigenvalue weighted by Crippen LogP contribution is -2.46. The molecule has 7 heteroatoms. The summed E-state index contributed by atoms with van der Waals surface area (Å²) in [6.45, 7) is 3.25. The molecule has 0 bridgehead atoms. The topological polar surface area (TPSA) is 97.6 Å². The second kappa shape index (κ2) is 9.99. The van der Waals surface area contributed by atoms with Gasteiger partial charge in [-0.2, -0.15) is 0 Å². The molecule has 0 aliphatic heterocycles. The van der Waals surface area contributed by atoms with Crippen LogP contribution in [0.5, 0.6) is 0 Å². The maximum absolute atomic E-state index is 12.3. The molecule has 0 spiro atoms. The van der Waals surface area contributed by atoms with Crippen molar-refractivity contribution in [2.45, 2.75) is 64.5 Å². The van der Waals surface area contributed by atoms with Gasteiger partial charge in [0, 0.05) is 6.04 Å². The molecule has 1 aliphatic carbocycles. The number of esters is 1. The van der Waals surface area contributed by atoms with E-state index in [1.54, 1.807) is 19.9 Å². The molecule has 0 saturated heterocycles. The molecule has 1 unspecified atom stereocenters. The van der Waals surface area contributed by atoms with Gasteiger partial charge in [-0.15, -0.1) is 0 Å². The van der Waals surface area contributed by atoms with Crippen LogP contribution < -0.4 is 10.6 Å². The lowest BCUT2D eigenvalue weighted by Gasteiger charge is -2.21. The predicted octanol–water partition coefficient (Wildman–Crippen LogP) is 2.42. The van der Waals surface area contributed by atoms with E-state index in [9.17, 15) is 14.4 Å². The Morgan fingerprint density at radius 2 is 1.88 bits per heavy atom. The Bertz CT molecular complexity index is 589. The summed E-state index contributed by atoms with van der Waals surface area (Å²) in [6, 6.07) is 2.41. The molecular formula is C19H28N2O5. The standard InChI is InChI=1S/C19H28N2O5/c1-13(2)17(21-18(23)15-10-7-11-25-15)19(24)26-12-16(22)20-14-8-5-3-4-6-9-14/h7,10-11,13-14,17H,3-6,8-9,12H2,1-2H3,(H,20,22)(H,21,23). The van der Waals surface area contributed by atoms with Gasteiger partial charge in [0.2, 0.25) is 0 Å². The molecule has 0 aromatic carbocycles. The normalized spacial score (nSPS) is 16.6. The fourth-order valence-corrected chi connectivity index (χ4v) is 3.04. The monoisotopic (exact) mass is 364 g/mol. The largest absolute Gasteiger partial charge is 0.459 e. The first-order valence-corrected chi connectivity index (χ1v) is 9.27. The summed E-state index contributed by atoms with van der Waals surface area (Å²) in [5.41, 5.74) is 0. The highest BCUT2D eigenvalue weighted by atomic mass is 16.5. The van der Waals surface area contributed by atoms with Crippen molar-refractivity contribution in [3.05, 3.63) is 24.2 Å². The molecule has 1 aromatic heterocycles. The molecule has 144 valence electrons. The Labute approximate surface area is 153 Å². The van der Waals surface area contributed by atoms with E-state index in [1.165, 1.54) is 25.2 Å². The second-order valence-corrected chi connectivity index (χ2v) is 7.04. The Hall–Kier alpha value is -2.31. The van der Waals surface area contributed by atoms with E-state index < -0.39 is 17.9 Å². The van der Waals surface area contributed by atoms with Crippen molar-refractivity contribution in [1.82, 2.24) is 10.6 Å². The first kappa shape index (κ1) is 20.0. The summed E-state index contributed by atoms with van der Waals surface area (Å²) in [5, 5.41) is 5.52. The van der Waals surface area contributed by atoms with Gasteiger partial charge in [-0.1, -0.05) is 39.5 Å². The van der Waals surface area contributed by atoms with Gasteiger partial charge in [0.15, 0.2) is 12.4 Å². The highest BCUT2D eigenvalue weighted by Gasteiger charge is 2.27. The number of nitrogens with one attached hydrogen (secondary N) is 2. The number of carbonyl (C=O) groups is 3. The number of rotatable bonds is 7. The third-order valence-electron chi connectivity index (χ3n) is 4.52. The molecule has 1 atom stereocenters. The summed E-state index contributed by atoms with van der Waals surface area (Å²) >= 11 is 0. The summed E-state index contributed by atoms with van der Waals surface area (Å²) in [6.07, 6.45) is 7.94. The summed E-state index contributed by atoms with van der Waals surface area (Å²) in [4.78, 5) is 36.4. The Kier molecular flexibility index (Phi) is 7.69. The zero-order valence-corrected chi connectivity index (χ0v) is 15.5. The third-order valence-corrected chi connectivity index (χ3v) is 4.52. The van der Waals surface area contributed by atoms with E-state index >= 15 is 0 Å². The van der Waals surface area contributed by atoms with E-state index in [0.29, 0.717) is 0 Å². The number of ether oxygens (including phenoxy) is 1. The molecule has 2 rings (SSSR count). The minimum absolute atomic E-state index is 0.120. The van der Waals surface area contributed by atoms with E-state index in [1.807, 2.05) is 0 Å². The minimum Gasteiger partial charge on any atom is -0.459 e. The fourth-order valence-electron chi connectivity index (χ4n) is 3.04. The maximum Gasteiger partial charge on any atom is 0.329 e. The molecule has 0 radical (unpaired) electrons. The van der Waals surface area contributed by atoms with Gasteiger partial charge in [0.05, 0.1) is 6.26 Å². The minimum atomic E-state index is -0.849. The van der Waals surface area contributed by atoms with Crippen LogP contribution in [0.1, 0.15) is 62.9 Å². The van der Waals surface area contributed by atoms with Crippen LogP contribution >= 0.6 is 0 Å². The number of hydrogen-bond donors (Lipinski definition) is 2. The van der Waals surface area contributed by atoms with Crippen LogP contribution in [-0.4, -0.2) is 36.5 Å². The average Bonchev–Trinajstić information content (AvgIpc) is 3.03. The van der Waals surface area contributed by atoms with Crippen molar-refractivity contribution in [3.63, 3.8) is 0 Å². The van der Waals surface area contributed by atoms with Crippen LogP contribution in [0.2, 0.25) is 0 Å². The summed E-state index contributed by atoms with van der Waals surface area (Å²) < 4.78 is 10.1. The fraction of sp³-hybridized carbons (Fsp3) is 0.632. The van der Waals surface area contributed by atoms with E-state index in [-0.39, 0.29) is 30.2 Å². The molecular weight excluding hydrogens is 336 g/mol. The number of furan rings is 1. The van der Waals surface area contributed by atoms with Crippen LogP contribution in [0.25, 0.3) is 0 Å². The van der Waals surface area contributed by atoms with Crippen molar-refractivity contribution < 1.29 is 23.5 Å². The maximum atomic E-state index is 12.3. The SMILES string of the molecule is CC(C)C(NC(=O)c1ccco1)C(=O)OCC(=O)NC1CCCCCC1. The first-order chi connectivity index (χ1) is 12.5. The van der Waals surface area contributed by atoms with Crippen LogP contribution in [0, 0.1) is 5.92 Å². The van der Waals surface area contributed by atoms with E-state index in [4.69, 9.17) is 9.15 Å². The van der Waals surface area contributed by atoms with Crippen molar-refractivity contribution in [3.8, 4) is 0 Å². The zero-order chi connectivity index (χ0) is 18.9. The Morgan fingerprint density at radius 1 is 1.19 bits per heavy atom. The lowest BCUT2D eigenvalue weighted by molar-refractivity contribution is -0.151. The van der Waals surface area contributed by atoms with Crippen LogP contribution in [0.3, 0.4) is 0 Å². The van der Waals surface area contributed by atoms with Gasteiger partial charge in [-0.05, 0) is 30.9 Å². The molecule has 1 aliphatic rings. The van der Waals surface area contributed by atoms with Gasteiger partial charge in [-0.25, -0.2) is 4.79 Å². The van der Waals surface area contributed by atoms with Crippen LogP contribution in [-0.2, 0) is 14.3 Å². The Balaban J connectivity index is 1.81. The molecule has 2 N–H and O–H groups in total. The molecule has 26 heavy (non-hydrogen) atoms. The van der Waals surface area contributed by atoms with Crippen LogP contribution in [0.4, 0.5) is 0 Å². The van der Waals surface area contributed by atoms with E-state index in [2.05, 4.69) is 10.6 Å².